The van der Waals surface area contributed by atoms with E-state index in [2.05, 4.69) is 0 Å². The van der Waals surface area contributed by atoms with Gasteiger partial charge in [-0.15, -0.1) is 11.1 Å². The summed E-state index contributed by atoms with van der Waals surface area (Å²) in [5.74, 6) is 0. The SMILES string of the molecule is CC(=O)[Si](Cl)(C(C)=O)C(C)=O. The minimum absolute atomic E-state index is 0.487. The average Bonchev–Trinajstić information content (AvgIpc) is 1.84. The molecule has 62 valence electrons. The van der Waals surface area contributed by atoms with Crippen LogP contribution < -0.4 is 0 Å². The summed E-state index contributed by atoms with van der Waals surface area (Å²) in [4.78, 5) is 32.5. The van der Waals surface area contributed by atoms with Crippen molar-refractivity contribution in [3.63, 3.8) is 0 Å². The second-order valence-corrected chi connectivity index (χ2v) is 7.46. The van der Waals surface area contributed by atoms with Gasteiger partial charge in [-0.1, -0.05) is 0 Å². The molecule has 0 bridgehead atoms. The van der Waals surface area contributed by atoms with Crippen molar-refractivity contribution >= 4 is 34.7 Å². The molecule has 0 heterocycles. The van der Waals surface area contributed by atoms with Crippen molar-refractivity contribution in [2.45, 2.75) is 20.8 Å². The topological polar surface area (TPSA) is 51.2 Å². The van der Waals surface area contributed by atoms with Crippen LogP contribution in [0.1, 0.15) is 20.8 Å². The summed E-state index contributed by atoms with van der Waals surface area (Å²) in [6.45, 7) is 3.55. The highest BCUT2D eigenvalue weighted by atomic mass is 35.6. The molecule has 0 aliphatic rings. The summed E-state index contributed by atoms with van der Waals surface area (Å²) in [7, 11) is -3.43. The van der Waals surface area contributed by atoms with E-state index in [0.29, 0.717) is 0 Å². The highest BCUT2D eigenvalue weighted by molar-refractivity contribution is 7.61. The highest BCUT2D eigenvalue weighted by Gasteiger charge is 2.47. The van der Waals surface area contributed by atoms with E-state index < -0.39 is 23.6 Å². The standard InChI is InChI=1S/C6H9ClO3Si/c1-4(8)11(7,5(2)9)6(3)10/h1-3H3. The minimum Gasteiger partial charge on any atom is -0.303 e. The fraction of sp³-hybridized carbons (Fsp3) is 0.500. The maximum absolute atomic E-state index is 10.8. The molecule has 0 amide bonds. The summed E-state index contributed by atoms with van der Waals surface area (Å²) >= 11 is 5.63. The van der Waals surface area contributed by atoms with Crippen LogP contribution in [0, 0.1) is 0 Å². The maximum atomic E-state index is 10.8. The normalized spacial score (nSPS) is 10.9. The van der Waals surface area contributed by atoms with Crippen LogP contribution in [0.15, 0.2) is 0 Å². The van der Waals surface area contributed by atoms with Crippen LogP contribution in [-0.4, -0.2) is 23.6 Å². The molecule has 0 atom stereocenters. The van der Waals surface area contributed by atoms with Crippen LogP contribution in [-0.2, 0) is 14.4 Å². The molecule has 0 aromatic rings. The number of rotatable bonds is 3. The van der Waals surface area contributed by atoms with Gasteiger partial charge in [0.15, 0.2) is 0 Å². The Kier molecular flexibility index (Phi) is 3.13. The molecular formula is C6H9ClO3Si. The molecule has 5 heteroatoms. The third-order valence-corrected chi connectivity index (χ3v) is 6.76. The molecule has 11 heavy (non-hydrogen) atoms. The Bertz CT molecular complexity index is 188. The first-order valence-corrected chi connectivity index (χ1v) is 6.06. The molecular weight excluding hydrogens is 184 g/mol. The molecule has 0 aliphatic carbocycles. The van der Waals surface area contributed by atoms with Crippen molar-refractivity contribution in [3.8, 4) is 0 Å². The van der Waals surface area contributed by atoms with E-state index in [1.165, 1.54) is 20.8 Å². The van der Waals surface area contributed by atoms with Crippen molar-refractivity contribution in [3.05, 3.63) is 0 Å². The maximum Gasteiger partial charge on any atom is 0.364 e. The number of hydrogen-bond donors (Lipinski definition) is 0. The monoisotopic (exact) mass is 192 g/mol. The lowest BCUT2D eigenvalue weighted by atomic mass is 10.9. The lowest BCUT2D eigenvalue weighted by molar-refractivity contribution is -0.117. The second kappa shape index (κ2) is 3.28. The summed E-state index contributed by atoms with van der Waals surface area (Å²) < 4.78 is 0. The number of halogens is 1. The van der Waals surface area contributed by atoms with Crippen molar-refractivity contribution in [1.82, 2.24) is 0 Å². The molecule has 0 aliphatic heterocycles. The quantitative estimate of drug-likeness (QED) is 0.485. The Balaban J connectivity index is 4.99. The molecule has 0 N–H and O–H groups in total. The van der Waals surface area contributed by atoms with E-state index >= 15 is 0 Å². The van der Waals surface area contributed by atoms with Gasteiger partial charge in [-0.25, -0.2) is 0 Å². The third kappa shape index (κ3) is 1.75. The van der Waals surface area contributed by atoms with E-state index in [4.69, 9.17) is 11.1 Å². The Hall–Kier alpha value is -0.483. The van der Waals surface area contributed by atoms with Gasteiger partial charge >= 0.3 is 7.38 Å². The van der Waals surface area contributed by atoms with Crippen LogP contribution in [0.25, 0.3) is 0 Å². The first kappa shape index (κ1) is 10.5. The van der Waals surface area contributed by atoms with Crippen LogP contribution in [0.5, 0.6) is 0 Å². The van der Waals surface area contributed by atoms with Crippen molar-refractivity contribution in [1.29, 1.82) is 0 Å². The third-order valence-electron chi connectivity index (χ3n) is 1.46. The van der Waals surface area contributed by atoms with Gasteiger partial charge in [-0.2, -0.15) is 0 Å². The summed E-state index contributed by atoms with van der Waals surface area (Å²) in [6.07, 6.45) is 0. The lowest BCUT2D eigenvalue weighted by Crippen LogP contribution is -2.51. The predicted octanol–water partition coefficient (Wildman–Crippen LogP) is 0.555. The van der Waals surface area contributed by atoms with Crippen molar-refractivity contribution in [2.24, 2.45) is 0 Å². The van der Waals surface area contributed by atoms with Gasteiger partial charge in [-0.3, -0.25) is 0 Å². The Morgan fingerprint density at radius 3 is 1.09 bits per heavy atom. The zero-order chi connectivity index (χ0) is 9.23. The second-order valence-electron chi connectivity index (χ2n) is 2.33. The lowest BCUT2D eigenvalue weighted by Gasteiger charge is -2.12. The fourth-order valence-electron chi connectivity index (χ4n) is 0.744. The van der Waals surface area contributed by atoms with E-state index in [1.807, 2.05) is 0 Å². The molecule has 0 saturated heterocycles. The first-order valence-electron chi connectivity index (χ1n) is 3.05. The zero-order valence-electron chi connectivity index (χ0n) is 6.60. The van der Waals surface area contributed by atoms with Crippen LogP contribution in [0.4, 0.5) is 0 Å². The summed E-state index contributed by atoms with van der Waals surface area (Å²) in [5.41, 5.74) is 0. The molecule has 0 saturated carbocycles. The number of hydrogen-bond acceptors (Lipinski definition) is 3. The van der Waals surface area contributed by atoms with E-state index in [-0.39, 0.29) is 0 Å². The smallest absolute Gasteiger partial charge is 0.303 e. The molecule has 0 spiro atoms. The van der Waals surface area contributed by atoms with Crippen LogP contribution in [0.3, 0.4) is 0 Å². The first-order chi connectivity index (χ1) is 4.83. The summed E-state index contributed by atoms with van der Waals surface area (Å²) in [5, 5.41) is -1.46. The van der Waals surface area contributed by atoms with E-state index in [0.717, 1.165) is 0 Å². The Morgan fingerprint density at radius 2 is 1.09 bits per heavy atom. The molecule has 0 unspecified atom stereocenters. The number of carbonyl (C=O) groups is 3. The van der Waals surface area contributed by atoms with Gasteiger partial charge in [0, 0.05) is 0 Å². The van der Waals surface area contributed by atoms with Crippen molar-refractivity contribution in [2.75, 3.05) is 0 Å². The Labute approximate surface area is 70.4 Å². The molecule has 0 aromatic heterocycles. The molecule has 0 fully saturated rings. The predicted molar refractivity (Wildman–Crippen MR) is 43.7 cm³/mol. The van der Waals surface area contributed by atoms with Gasteiger partial charge in [0.1, 0.15) is 16.2 Å². The van der Waals surface area contributed by atoms with Gasteiger partial charge in [0.2, 0.25) is 0 Å². The van der Waals surface area contributed by atoms with E-state index in [1.54, 1.807) is 0 Å². The zero-order valence-corrected chi connectivity index (χ0v) is 8.36. The fourth-order valence-corrected chi connectivity index (χ4v) is 2.23. The Morgan fingerprint density at radius 1 is 0.909 bits per heavy atom. The highest BCUT2D eigenvalue weighted by Crippen LogP contribution is 2.12. The molecule has 3 nitrogen and oxygen atoms in total. The molecule has 0 radical (unpaired) electrons. The van der Waals surface area contributed by atoms with Crippen LogP contribution >= 0.6 is 11.1 Å². The van der Waals surface area contributed by atoms with Gasteiger partial charge in [0.25, 0.3) is 0 Å². The van der Waals surface area contributed by atoms with E-state index in [9.17, 15) is 14.4 Å². The van der Waals surface area contributed by atoms with Gasteiger partial charge < -0.3 is 14.4 Å². The largest absolute Gasteiger partial charge is 0.364 e. The minimum atomic E-state index is -3.43. The summed E-state index contributed by atoms with van der Waals surface area (Å²) in [6, 6.07) is 0. The number of carbonyl (C=O) groups excluding carboxylic acids is 3. The van der Waals surface area contributed by atoms with Crippen LogP contribution in [0.2, 0.25) is 0 Å². The molecule has 0 aromatic carbocycles. The molecule has 0 rings (SSSR count). The average molecular weight is 193 g/mol. The van der Waals surface area contributed by atoms with Gasteiger partial charge in [0.05, 0.1) is 0 Å². The van der Waals surface area contributed by atoms with Crippen molar-refractivity contribution < 1.29 is 14.4 Å². The van der Waals surface area contributed by atoms with Gasteiger partial charge in [-0.05, 0) is 20.8 Å².